The van der Waals surface area contributed by atoms with Gasteiger partial charge in [-0.25, -0.2) is 4.79 Å². The van der Waals surface area contributed by atoms with E-state index in [0.717, 1.165) is 11.1 Å². The summed E-state index contributed by atoms with van der Waals surface area (Å²) in [6.07, 6.45) is 0. The van der Waals surface area contributed by atoms with Gasteiger partial charge in [0.2, 0.25) is 0 Å². The van der Waals surface area contributed by atoms with Crippen LogP contribution >= 0.6 is 11.6 Å². The van der Waals surface area contributed by atoms with Gasteiger partial charge in [0.25, 0.3) is 0 Å². The summed E-state index contributed by atoms with van der Waals surface area (Å²) in [5.74, 6) is -0.642. The van der Waals surface area contributed by atoms with Gasteiger partial charge >= 0.3 is 5.97 Å². The summed E-state index contributed by atoms with van der Waals surface area (Å²) in [6.45, 7) is 2.24. The molecule has 0 saturated heterocycles. The first kappa shape index (κ1) is 15.2. The predicted octanol–water partition coefficient (Wildman–Crippen LogP) is 3.93. The number of hydrogen-bond donors (Lipinski definition) is 1. The highest BCUT2D eigenvalue weighted by atomic mass is 35.5. The number of halogens is 1. The number of ether oxygens (including phenoxy) is 2. The maximum Gasteiger partial charge on any atom is 0.339 e. The molecule has 0 atom stereocenters. The van der Waals surface area contributed by atoms with Crippen LogP contribution < -0.4 is 9.47 Å². The minimum atomic E-state index is -1.12. The number of carbonyl (C=O) groups is 1. The minimum Gasteiger partial charge on any atom is -0.493 e. The van der Waals surface area contributed by atoms with Crippen molar-refractivity contribution >= 4 is 17.6 Å². The Morgan fingerprint density at radius 2 is 1.90 bits per heavy atom. The molecule has 0 aliphatic rings. The van der Waals surface area contributed by atoms with Gasteiger partial charge < -0.3 is 14.6 Å². The fourth-order valence-electron chi connectivity index (χ4n) is 1.87. The van der Waals surface area contributed by atoms with Crippen LogP contribution in [-0.4, -0.2) is 18.2 Å². The zero-order valence-electron chi connectivity index (χ0n) is 11.7. The van der Waals surface area contributed by atoms with Crippen molar-refractivity contribution in [3.63, 3.8) is 0 Å². The van der Waals surface area contributed by atoms with Gasteiger partial charge in [-0.1, -0.05) is 41.4 Å². The molecule has 0 aliphatic carbocycles. The lowest BCUT2D eigenvalue weighted by molar-refractivity contribution is 0.0691. The van der Waals surface area contributed by atoms with Crippen molar-refractivity contribution in [2.24, 2.45) is 0 Å². The van der Waals surface area contributed by atoms with Crippen LogP contribution in [0.25, 0.3) is 0 Å². The Bertz CT molecular complexity index is 650. The number of benzene rings is 2. The second kappa shape index (κ2) is 6.50. The predicted molar refractivity (Wildman–Crippen MR) is 80.5 cm³/mol. The Balaban J connectivity index is 2.29. The van der Waals surface area contributed by atoms with E-state index in [4.69, 9.17) is 21.1 Å². The van der Waals surface area contributed by atoms with E-state index in [1.807, 2.05) is 31.2 Å². The van der Waals surface area contributed by atoms with Crippen LogP contribution in [0, 0.1) is 6.92 Å². The molecular formula is C16H15ClO4. The lowest BCUT2D eigenvalue weighted by Gasteiger charge is -2.14. The minimum absolute atomic E-state index is 0.0218. The second-order valence-electron chi connectivity index (χ2n) is 4.56. The molecule has 0 fully saturated rings. The molecule has 0 radical (unpaired) electrons. The van der Waals surface area contributed by atoms with E-state index in [-0.39, 0.29) is 22.9 Å². The SMILES string of the molecule is COc1cc(Cl)cc(C(=O)O)c1OCc1ccc(C)cc1. The molecule has 2 rings (SSSR count). The molecule has 4 nitrogen and oxygen atoms in total. The van der Waals surface area contributed by atoms with Gasteiger partial charge in [-0.05, 0) is 18.6 Å². The van der Waals surface area contributed by atoms with Crippen molar-refractivity contribution in [3.05, 3.63) is 58.1 Å². The average molecular weight is 307 g/mol. The van der Waals surface area contributed by atoms with E-state index in [2.05, 4.69) is 0 Å². The normalized spacial score (nSPS) is 10.2. The molecule has 0 heterocycles. The maximum absolute atomic E-state index is 11.3. The Kier molecular flexibility index (Phi) is 4.70. The molecule has 2 aromatic rings. The van der Waals surface area contributed by atoms with E-state index in [0.29, 0.717) is 5.75 Å². The summed E-state index contributed by atoms with van der Waals surface area (Å²) in [5, 5.41) is 9.53. The molecule has 5 heteroatoms. The Labute approximate surface area is 127 Å². The van der Waals surface area contributed by atoms with Crippen LogP contribution in [0.1, 0.15) is 21.5 Å². The number of carboxylic acid groups (broad SMARTS) is 1. The third-order valence-corrected chi connectivity index (χ3v) is 3.19. The van der Waals surface area contributed by atoms with Gasteiger partial charge in [-0.3, -0.25) is 0 Å². The smallest absolute Gasteiger partial charge is 0.339 e. The topological polar surface area (TPSA) is 55.8 Å². The summed E-state index contributed by atoms with van der Waals surface area (Å²) in [5.41, 5.74) is 2.06. The summed E-state index contributed by atoms with van der Waals surface area (Å²) in [6, 6.07) is 10.7. The molecule has 0 aliphatic heterocycles. The molecule has 0 saturated carbocycles. The van der Waals surface area contributed by atoms with Crippen molar-refractivity contribution in [1.82, 2.24) is 0 Å². The fourth-order valence-corrected chi connectivity index (χ4v) is 2.08. The lowest BCUT2D eigenvalue weighted by atomic mass is 10.1. The lowest BCUT2D eigenvalue weighted by Crippen LogP contribution is -2.05. The number of rotatable bonds is 5. The Hall–Kier alpha value is -2.20. The van der Waals surface area contributed by atoms with Crippen LogP contribution in [0.3, 0.4) is 0 Å². The third-order valence-electron chi connectivity index (χ3n) is 2.97. The number of aryl methyl sites for hydroxylation is 1. The maximum atomic E-state index is 11.3. The first-order valence-corrected chi connectivity index (χ1v) is 6.68. The molecule has 0 bridgehead atoms. The first-order chi connectivity index (χ1) is 10.0. The molecule has 21 heavy (non-hydrogen) atoms. The second-order valence-corrected chi connectivity index (χ2v) is 5.00. The van der Waals surface area contributed by atoms with E-state index < -0.39 is 5.97 Å². The number of carboxylic acids is 1. The molecule has 1 N–H and O–H groups in total. The number of aromatic carboxylic acids is 1. The number of hydrogen-bond acceptors (Lipinski definition) is 3. The zero-order valence-corrected chi connectivity index (χ0v) is 12.5. The molecule has 0 aromatic heterocycles. The van der Waals surface area contributed by atoms with E-state index >= 15 is 0 Å². The van der Waals surface area contributed by atoms with Gasteiger partial charge in [-0.2, -0.15) is 0 Å². The van der Waals surface area contributed by atoms with Crippen molar-refractivity contribution in [2.45, 2.75) is 13.5 Å². The van der Waals surface area contributed by atoms with Gasteiger partial charge in [-0.15, -0.1) is 0 Å². The summed E-state index contributed by atoms with van der Waals surface area (Å²) < 4.78 is 10.8. The van der Waals surface area contributed by atoms with Crippen LogP contribution in [0.4, 0.5) is 0 Å². The van der Waals surface area contributed by atoms with Crippen LogP contribution in [0.2, 0.25) is 5.02 Å². The summed E-state index contributed by atoms with van der Waals surface area (Å²) >= 11 is 5.88. The molecule has 0 spiro atoms. The molecular weight excluding hydrogens is 292 g/mol. The summed E-state index contributed by atoms with van der Waals surface area (Å²) in [4.78, 5) is 11.3. The quantitative estimate of drug-likeness (QED) is 0.909. The van der Waals surface area contributed by atoms with E-state index in [9.17, 15) is 9.90 Å². The molecule has 0 amide bonds. The highest BCUT2D eigenvalue weighted by Crippen LogP contribution is 2.35. The van der Waals surface area contributed by atoms with E-state index in [1.54, 1.807) is 0 Å². The van der Waals surface area contributed by atoms with Crippen molar-refractivity contribution in [1.29, 1.82) is 0 Å². The van der Waals surface area contributed by atoms with Gasteiger partial charge in [0.15, 0.2) is 11.5 Å². The van der Waals surface area contributed by atoms with Crippen molar-refractivity contribution < 1.29 is 19.4 Å². The van der Waals surface area contributed by atoms with Crippen molar-refractivity contribution in [3.8, 4) is 11.5 Å². The van der Waals surface area contributed by atoms with Crippen LogP contribution in [-0.2, 0) is 6.61 Å². The number of methoxy groups -OCH3 is 1. The van der Waals surface area contributed by atoms with Gasteiger partial charge in [0.05, 0.1) is 7.11 Å². The third kappa shape index (κ3) is 3.67. The van der Waals surface area contributed by atoms with Gasteiger partial charge in [0.1, 0.15) is 12.2 Å². The summed E-state index contributed by atoms with van der Waals surface area (Å²) in [7, 11) is 1.44. The average Bonchev–Trinajstić information content (AvgIpc) is 2.46. The zero-order chi connectivity index (χ0) is 15.4. The first-order valence-electron chi connectivity index (χ1n) is 6.30. The van der Waals surface area contributed by atoms with Crippen molar-refractivity contribution in [2.75, 3.05) is 7.11 Å². The molecule has 110 valence electrons. The highest BCUT2D eigenvalue weighted by molar-refractivity contribution is 6.31. The highest BCUT2D eigenvalue weighted by Gasteiger charge is 2.18. The monoisotopic (exact) mass is 306 g/mol. The van der Waals surface area contributed by atoms with Crippen LogP contribution in [0.5, 0.6) is 11.5 Å². The largest absolute Gasteiger partial charge is 0.493 e. The van der Waals surface area contributed by atoms with E-state index in [1.165, 1.54) is 19.2 Å². The molecule has 0 unspecified atom stereocenters. The Morgan fingerprint density at radius 3 is 2.48 bits per heavy atom. The fraction of sp³-hybridized carbons (Fsp3) is 0.188. The molecule has 2 aromatic carbocycles. The standard InChI is InChI=1S/C16H15ClO4/c1-10-3-5-11(6-4-10)9-21-15-13(16(18)19)7-12(17)8-14(15)20-2/h3-8H,9H2,1-2H3,(H,18,19). The Morgan fingerprint density at radius 1 is 1.24 bits per heavy atom. The van der Waals surface area contributed by atoms with Gasteiger partial charge in [0, 0.05) is 11.1 Å². The van der Waals surface area contributed by atoms with Crippen LogP contribution in [0.15, 0.2) is 36.4 Å².